The molecular weight excluding hydrogens is 279 g/mol. The van der Waals surface area contributed by atoms with Crippen molar-refractivity contribution in [3.63, 3.8) is 0 Å². The zero-order valence-corrected chi connectivity index (χ0v) is 13.1. The number of benzene rings is 1. The molecule has 6 heteroatoms. The molecule has 0 unspecified atom stereocenters. The van der Waals surface area contributed by atoms with Gasteiger partial charge in [0.05, 0.1) is 4.90 Å². The first-order chi connectivity index (χ1) is 9.36. The molecule has 1 aromatic rings. The Kier molecular flexibility index (Phi) is 6.58. The van der Waals surface area contributed by atoms with Crippen molar-refractivity contribution in [2.75, 3.05) is 13.1 Å². The van der Waals surface area contributed by atoms with Gasteiger partial charge in [0.1, 0.15) is 5.82 Å². The molecule has 2 N–H and O–H groups in total. The van der Waals surface area contributed by atoms with Crippen LogP contribution in [0.5, 0.6) is 0 Å². The van der Waals surface area contributed by atoms with Crippen molar-refractivity contribution in [1.29, 1.82) is 0 Å². The first-order valence-corrected chi connectivity index (χ1v) is 8.34. The summed E-state index contributed by atoms with van der Waals surface area (Å²) in [6.45, 7) is 7.45. The molecule has 0 aliphatic carbocycles. The first kappa shape index (κ1) is 17.1. The number of rotatable bonds is 8. The number of sulfonamides is 1. The van der Waals surface area contributed by atoms with Crippen molar-refractivity contribution in [3.8, 4) is 0 Å². The maximum absolute atomic E-state index is 13.3. The Balaban J connectivity index is 2.94. The van der Waals surface area contributed by atoms with E-state index < -0.39 is 15.8 Å². The van der Waals surface area contributed by atoms with Crippen molar-refractivity contribution in [1.82, 2.24) is 10.0 Å². The molecule has 0 amide bonds. The third kappa shape index (κ3) is 5.19. The predicted octanol–water partition coefficient (Wildman–Crippen LogP) is 2.26. The third-order valence-electron chi connectivity index (χ3n) is 2.90. The largest absolute Gasteiger partial charge is 0.313 e. The van der Waals surface area contributed by atoms with Crippen LogP contribution in [0, 0.1) is 11.7 Å². The van der Waals surface area contributed by atoms with Gasteiger partial charge in [-0.3, -0.25) is 0 Å². The molecule has 0 fully saturated rings. The van der Waals surface area contributed by atoms with E-state index in [1.165, 1.54) is 12.1 Å². The van der Waals surface area contributed by atoms with Crippen LogP contribution in [-0.4, -0.2) is 21.5 Å². The Labute approximate surface area is 120 Å². The topological polar surface area (TPSA) is 58.2 Å². The molecule has 114 valence electrons. The van der Waals surface area contributed by atoms with E-state index in [2.05, 4.69) is 10.0 Å². The van der Waals surface area contributed by atoms with E-state index in [0.717, 1.165) is 19.0 Å². The highest BCUT2D eigenvalue weighted by Gasteiger charge is 2.18. The Hall–Kier alpha value is -0.980. The average Bonchev–Trinajstić information content (AvgIpc) is 2.36. The fraction of sp³-hybridized carbons (Fsp3) is 0.571. The lowest BCUT2D eigenvalue weighted by atomic mass is 10.1. The van der Waals surface area contributed by atoms with Crippen LogP contribution in [0.3, 0.4) is 0 Å². The molecule has 0 heterocycles. The Morgan fingerprint density at radius 2 is 2.00 bits per heavy atom. The lowest BCUT2D eigenvalue weighted by molar-refractivity contribution is 0.548. The van der Waals surface area contributed by atoms with Crippen molar-refractivity contribution < 1.29 is 12.8 Å². The van der Waals surface area contributed by atoms with Crippen molar-refractivity contribution in [2.24, 2.45) is 5.92 Å². The summed E-state index contributed by atoms with van der Waals surface area (Å²) in [5, 5.41) is 3.06. The van der Waals surface area contributed by atoms with Crippen LogP contribution < -0.4 is 10.0 Å². The minimum absolute atomic E-state index is 0.0159. The van der Waals surface area contributed by atoms with Gasteiger partial charge in [-0.2, -0.15) is 0 Å². The van der Waals surface area contributed by atoms with Crippen LogP contribution in [0.25, 0.3) is 0 Å². The minimum Gasteiger partial charge on any atom is -0.313 e. The van der Waals surface area contributed by atoms with E-state index in [4.69, 9.17) is 0 Å². The summed E-state index contributed by atoms with van der Waals surface area (Å²) in [5.74, 6) is -0.138. The van der Waals surface area contributed by atoms with Crippen LogP contribution in [-0.2, 0) is 16.6 Å². The summed E-state index contributed by atoms with van der Waals surface area (Å²) in [4.78, 5) is 0.0159. The highest BCUT2D eigenvalue weighted by Crippen LogP contribution is 2.17. The summed E-state index contributed by atoms with van der Waals surface area (Å²) >= 11 is 0. The molecule has 0 saturated carbocycles. The Bertz CT molecular complexity index is 530. The zero-order chi connectivity index (χ0) is 15.2. The van der Waals surface area contributed by atoms with Gasteiger partial charge in [0, 0.05) is 13.1 Å². The summed E-state index contributed by atoms with van der Waals surface area (Å²) in [7, 11) is -3.67. The third-order valence-corrected chi connectivity index (χ3v) is 4.44. The Morgan fingerprint density at radius 1 is 1.30 bits per heavy atom. The summed E-state index contributed by atoms with van der Waals surface area (Å²) in [6, 6.07) is 3.86. The fourth-order valence-corrected chi connectivity index (χ4v) is 3.04. The van der Waals surface area contributed by atoms with Gasteiger partial charge < -0.3 is 5.32 Å². The molecule has 0 radical (unpaired) electrons. The zero-order valence-electron chi connectivity index (χ0n) is 12.2. The molecule has 1 rings (SSSR count). The van der Waals surface area contributed by atoms with Gasteiger partial charge >= 0.3 is 0 Å². The number of halogens is 1. The molecular formula is C14H23FN2O2S. The fourth-order valence-electron chi connectivity index (χ4n) is 1.74. The van der Waals surface area contributed by atoms with Crippen molar-refractivity contribution in [3.05, 3.63) is 29.6 Å². The second-order valence-electron chi connectivity index (χ2n) is 5.11. The maximum atomic E-state index is 13.3. The van der Waals surface area contributed by atoms with Gasteiger partial charge in [-0.05, 0) is 36.6 Å². The van der Waals surface area contributed by atoms with Gasteiger partial charge in [-0.15, -0.1) is 0 Å². The molecule has 20 heavy (non-hydrogen) atoms. The minimum atomic E-state index is -3.67. The molecule has 4 nitrogen and oxygen atoms in total. The first-order valence-electron chi connectivity index (χ1n) is 6.85. The number of nitrogens with one attached hydrogen (secondary N) is 2. The highest BCUT2D eigenvalue weighted by molar-refractivity contribution is 7.89. The van der Waals surface area contributed by atoms with Crippen molar-refractivity contribution in [2.45, 2.75) is 38.6 Å². The van der Waals surface area contributed by atoms with E-state index >= 15 is 0 Å². The molecule has 0 atom stereocenters. The number of hydrogen-bond acceptors (Lipinski definition) is 3. The second-order valence-corrected chi connectivity index (χ2v) is 6.85. The van der Waals surface area contributed by atoms with E-state index in [9.17, 15) is 12.8 Å². The van der Waals surface area contributed by atoms with Gasteiger partial charge in [0.25, 0.3) is 0 Å². The smallest absolute Gasteiger partial charge is 0.240 e. The Morgan fingerprint density at radius 3 is 2.60 bits per heavy atom. The van der Waals surface area contributed by atoms with E-state index in [1.54, 1.807) is 0 Å². The van der Waals surface area contributed by atoms with Crippen molar-refractivity contribution >= 4 is 10.0 Å². The molecule has 0 aliphatic heterocycles. The monoisotopic (exact) mass is 302 g/mol. The highest BCUT2D eigenvalue weighted by atomic mass is 32.2. The lowest BCUT2D eigenvalue weighted by Gasteiger charge is -2.13. The van der Waals surface area contributed by atoms with Gasteiger partial charge in [0.15, 0.2) is 0 Å². The molecule has 0 saturated heterocycles. The molecule has 1 aromatic carbocycles. The van der Waals surface area contributed by atoms with Gasteiger partial charge in [-0.1, -0.05) is 26.8 Å². The SMILES string of the molecule is CCNCc1ccc(F)cc1S(=O)(=O)NCCC(C)C. The molecule has 0 aliphatic rings. The normalized spacial score (nSPS) is 12.1. The van der Waals surface area contributed by atoms with Gasteiger partial charge in [-0.25, -0.2) is 17.5 Å². The lowest BCUT2D eigenvalue weighted by Crippen LogP contribution is -2.27. The van der Waals surface area contributed by atoms with Gasteiger partial charge in [0.2, 0.25) is 10.0 Å². The molecule has 0 aromatic heterocycles. The van der Waals surface area contributed by atoms with Crippen LogP contribution in [0.1, 0.15) is 32.8 Å². The van der Waals surface area contributed by atoms with Crippen LogP contribution >= 0.6 is 0 Å². The second kappa shape index (κ2) is 7.71. The molecule has 0 bridgehead atoms. The van der Waals surface area contributed by atoms with Crippen LogP contribution in [0.15, 0.2) is 23.1 Å². The summed E-state index contributed by atoms with van der Waals surface area (Å²) < 4.78 is 40.4. The number of hydrogen-bond donors (Lipinski definition) is 2. The van der Waals surface area contributed by atoms with Crippen LogP contribution in [0.4, 0.5) is 4.39 Å². The average molecular weight is 302 g/mol. The maximum Gasteiger partial charge on any atom is 0.240 e. The quantitative estimate of drug-likeness (QED) is 0.774. The standard InChI is InChI=1S/C14H23FN2O2S/c1-4-16-10-12-5-6-13(15)9-14(12)20(18,19)17-8-7-11(2)3/h5-6,9,11,16-17H,4,7-8,10H2,1-3H3. The molecule has 0 spiro atoms. The summed E-state index contributed by atoms with van der Waals surface area (Å²) in [6.07, 6.45) is 0.747. The van der Waals surface area contributed by atoms with Crippen LogP contribution in [0.2, 0.25) is 0 Å². The van der Waals surface area contributed by atoms with E-state index in [1.807, 2.05) is 20.8 Å². The summed E-state index contributed by atoms with van der Waals surface area (Å²) in [5.41, 5.74) is 0.574. The predicted molar refractivity (Wildman–Crippen MR) is 78.4 cm³/mol. The van der Waals surface area contributed by atoms with E-state index in [0.29, 0.717) is 24.6 Å². The van der Waals surface area contributed by atoms with E-state index in [-0.39, 0.29) is 4.90 Å².